The van der Waals surface area contributed by atoms with Gasteiger partial charge in [-0.05, 0) is 52.5 Å². The van der Waals surface area contributed by atoms with Crippen molar-refractivity contribution in [1.82, 2.24) is 19.5 Å². The number of rotatable bonds is 6. The Morgan fingerprint density at radius 1 is 0.429 bits per heavy atom. The second kappa shape index (κ2) is 13.3. The Morgan fingerprint density at radius 3 is 1.89 bits per heavy atom. The molecule has 0 unspecified atom stereocenters. The Morgan fingerprint density at radius 2 is 1.11 bits per heavy atom. The number of para-hydroxylation sites is 1. The first-order valence-electron chi connectivity index (χ1n) is 22.1. The van der Waals surface area contributed by atoms with Gasteiger partial charge in [-0.15, -0.1) is 11.3 Å². The van der Waals surface area contributed by atoms with E-state index in [9.17, 15) is 5.48 Å². The highest BCUT2D eigenvalue weighted by Crippen LogP contribution is 2.43. The number of aromatic nitrogens is 4. The molecule has 0 radical (unpaired) electrons. The minimum Gasteiger partial charge on any atom is -0.308 e. The zero-order chi connectivity index (χ0) is 44.0. The van der Waals surface area contributed by atoms with E-state index in [1.807, 2.05) is 97.1 Å². The molecule has 0 bridgehead atoms. The van der Waals surface area contributed by atoms with Crippen LogP contribution in [-0.2, 0) is 0 Å². The summed E-state index contributed by atoms with van der Waals surface area (Å²) in [5.41, 5.74) is 4.84. The third kappa shape index (κ3) is 5.40. The largest absolute Gasteiger partial charge is 0.308 e. The summed E-state index contributed by atoms with van der Waals surface area (Å²) in [6.07, 6.45) is 0. The quantitative estimate of drug-likeness (QED) is 0.170. The lowest BCUT2D eigenvalue weighted by Crippen LogP contribution is -2.04. The maximum atomic E-state index is 9.90. The van der Waals surface area contributed by atoms with Crippen molar-refractivity contribution >= 4 is 53.3 Å². The van der Waals surface area contributed by atoms with Crippen molar-refractivity contribution < 1.29 is 11.0 Å². The lowest BCUT2D eigenvalue weighted by atomic mass is 9.99. The minimum atomic E-state index is -0.205. The SMILES string of the molecule is [2H]c1cc([2H])c(-c2cc([2H])c3c4c([2H])c([2H])cc([2H])c4n(-c4ccc(-c5cccc6c5sc5ccccc56)cc4-c4nc(-c5ccccc5)nc(-c5ccccc5)n4)c3c2[2H])c([2H])c1. The predicted molar refractivity (Wildman–Crippen MR) is 234 cm³/mol. The number of hydrogen-bond acceptors (Lipinski definition) is 4. The zero-order valence-corrected chi connectivity index (χ0v) is 30.4. The second-order valence-electron chi connectivity index (χ2n) is 13.3. The van der Waals surface area contributed by atoms with E-state index in [4.69, 9.17) is 20.4 Å². The molecule has 3 heterocycles. The van der Waals surface area contributed by atoms with Gasteiger partial charge in [-0.25, -0.2) is 15.0 Å². The van der Waals surface area contributed by atoms with Crippen LogP contribution in [0, 0.1) is 0 Å². The monoisotopic (exact) mass is 740 g/mol. The lowest BCUT2D eigenvalue weighted by Gasteiger charge is -2.17. The van der Waals surface area contributed by atoms with Gasteiger partial charge in [0, 0.05) is 47.6 Å². The fraction of sp³-hybridized carbons (Fsp3) is 0. The first kappa shape index (κ1) is 25.0. The molecule has 11 aromatic rings. The van der Waals surface area contributed by atoms with Gasteiger partial charge in [0.05, 0.1) is 27.7 Å². The maximum Gasteiger partial charge on any atom is 0.166 e. The van der Waals surface area contributed by atoms with Crippen molar-refractivity contribution in [3.63, 3.8) is 0 Å². The highest BCUT2D eigenvalue weighted by Gasteiger charge is 2.21. The van der Waals surface area contributed by atoms with Crippen LogP contribution >= 0.6 is 11.3 Å². The van der Waals surface area contributed by atoms with Crippen LogP contribution in [0.1, 0.15) is 11.0 Å². The summed E-state index contributed by atoms with van der Waals surface area (Å²) < 4.78 is 76.4. The normalized spacial score (nSPS) is 13.6. The van der Waals surface area contributed by atoms with Gasteiger partial charge in [0.15, 0.2) is 17.5 Å². The summed E-state index contributed by atoms with van der Waals surface area (Å²) in [4.78, 5) is 15.3. The Bertz CT molecular complexity index is 3640. The van der Waals surface area contributed by atoms with Crippen molar-refractivity contribution in [3.05, 3.63) is 194 Å². The van der Waals surface area contributed by atoms with E-state index >= 15 is 0 Å². The van der Waals surface area contributed by atoms with E-state index < -0.39 is 0 Å². The van der Waals surface area contributed by atoms with E-state index in [0.29, 0.717) is 28.7 Å². The molecule has 0 saturated heterocycles. The first-order valence-corrected chi connectivity index (χ1v) is 18.9. The van der Waals surface area contributed by atoms with E-state index in [1.165, 1.54) is 24.3 Å². The molecule has 0 aliphatic carbocycles. The average molecular weight is 741 g/mol. The van der Waals surface area contributed by atoms with Gasteiger partial charge >= 0.3 is 0 Å². The molecule has 0 aliphatic rings. The average Bonchev–Trinajstić information content (AvgIpc) is 3.88. The third-order valence-corrected chi connectivity index (χ3v) is 11.2. The van der Waals surface area contributed by atoms with Crippen LogP contribution in [0.2, 0.25) is 0 Å². The Labute approximate surface area is 338 Å². The summed E-state index contributed by atoms with van der Waals surface area (Å²) >= 11 is 1.70. The van der Waals surface area contributed by atoms with Crippen LogP contribution in [0.3, 0.4) is 0 Å². The van der Waals surface area contributed by atoms with E-state index in [0.717, 1.165) is 42.4 Å². The van der Waals surface area contributed by atoms with E-state index in [2.05, 4.69) is 24.3 Å². The number of nitrogens with zero attached hydrogens (tertiary/aromatic N) is 4. The molecular weight excluding hydrogens is 701 g/mol. The first-order chi connectivity index (χ1) is 31.0. The number of thiophene rings is 1. The molecule has 0 spiro atoms. The van der Waals surface area contributed by atoms with Crippen molar-refractivity contribution in [1.29, 1.82) is 0 Å². The molecule has 4 nitrogen and oxygen atoms in total. The molecule has 0 aliphatic heterocycles. The predicted octanol–water partition coefficient (Wildman–Crippen LogP) is 13.7. The smallest absolute Gasteiger partial charge is 0.166 e. The van der Waals surface area contributed by atoms with Crippen molar-refractivity contribution in [2.45, 2.75) is 0 Å². The number of fused-ring (bicyclic) bond motifs is 6. The fourth-order valence-electron chi connectivity index (χ4n) is 7.43. The van der Waals surface area contributed by atoms with E-state index in [1.54, 1.807) is 15.9 Å². The maximum absolute atomic E-state index is 9.90. The van der Waals surface area contributed by atoms with Gasteiger partial charge in [-0.1, -0.05) is 164 Å². The summed E-state index contributed by atoms with van der Waals surface area (Å²) in [6.45, 7) is 0. The molecule has 11 rings (SSSR count). The van der Waals surface area contributed by atoms with Gasteiger partial charge in [-0.2, -0.15) is 0 Å². The molecule has 262 valence electrons. The Kier molecular flexibility index (Phi) is 5.92. The highest BCUT2D eigenvalue weighted by molar-refractivity contribution is 7.26. The molecule has 0 atom stereocenters. The van der Waals surface area contributed by atoms with Gasteiger partial charge in [0.1, 0.15) is 0 Å². The number of benzene rings is 8. The standard InChI is InChI=1S/C51H32N4S/c1-4-15-33(16-5-1)36-27-29-40-39-21-10-12-25-44(39)55(46(40)32-36)45-30-28-37(38-23-14-24-42-41-22-11-13-26-47(41)56-48(38)42)31-43(45)51-53-49(34-17-6-2-7-18-34)52-50(54-51)35-19-8-3-9-20-35/h1-32H/i1D,10D,15D,16D,21D,25D,29D,32D. The highest BCUT2D eigenvalue weighted by atomic mass is 32.1. The Balaban J connectivity index is 1.30. The van der Waals surface area contributed by atoms with Gasteiger partial charge in [0.25, 0.3) is 0 Å². The molecular formula is C51H32N4S. The van der Waals surface area contributed by atoms with Crippen molar-refractivity contribution in [3.8, 4) is 62.1 Å². The Hall–Kier alpha value is -7.21. The van der Waals surface area contributed by atoms with Crippen LogP contribution in [0.25, 0.3) is 104 Å². The van der Waals surface area contributed by atoms with Gasteiger partial charge in [0.2, 0.25) is 0 Å². The molecule has 8 aromatic carbocycles. The summed E-state index contributed by atoms with van der Waals surface area (Å²) in [5.74, 6) is 1.13. The topological polar surface area (TPSA) is 43.6 Å². The zero-order valence-electron chi connectivity index (χ0n) is 37.6. The summed E-state index contributed by atoms with van der Waals surface area (Å²) in [6, 6.07) is 43.9. The van der Waals surface area contributed by atoms with Crippen molar-refractivity contribution in [2.24, 2.45) is 0 Å². The molecule has 0 fully saturated rings. The van der Waals surface area contributed by atoms with Crippen LogP contribution in [0.5, 0.6) is 0 Å². The number of hydrogen-bond donors (Lipinski definition) is 0. The van der Waals surface area contributed by atoms with Crippen LogP contribution in [0.4, 0.5) is 0 Å². The third-order valence-electron chi connectivity index (χ3n) is 10.0. The summed E-state index contributed by atoms with van der Waals surface area (Å²) in [7, 11) is 0. The molecule has 3 aromatic heterocycles. The molecule has 5 heteroatoms. The van der Waals surface area contributed by atoms with Gasteiger partial charge < -0.3 is 4.57 Å². The molecule has 0 N–H and O–H groups in total. The molecule has 0 saturated carbocycles. The molecule has 56 heavy (non-hydrogen) atoms. The minimum absolute atomic E-state index is 0.0228. The van der Waals surface area contributed by atoms with Crippen LogP contribution < -0.4 is 0 Å². The van der Waals surface area contributed by atoms with Crippen molar-refractivity contribution in [2.75, 3.05) is 0 Å². The lowest BCUT2D eigenvalue weighted by molar-refractivity contribution is 1.06. The van der Waals surface area contributed by atoms with Gasteiger partial charge in [-0.3, -0.25) is 0 Å². The molecule has 0 amide bonds. The van der Waals surface area contributed by atoms with Crippen LogP contribution in [0.15, 0.2) is 194 Å². The van der Waals surface area contributed by atoms with E-state index in [-0.39, 0.29) is 81.3 Å². The fourth-order valence-corrected chi connectivity index (χ4v) is 8.67. The van der Waals surface area contributed by atoms with Crippen LogP contribution in [-0.4, -0.2) is 19.5 Å². The summed E-state index contributed by atoms with van der Waals surface area (Å²) in [5, 5.41) is 2.61. The second-order valence-corrected chi connectivity index (χ2v) is 14.4.